The second-order valence-electron chi connectivity index (χ2n) is 4.90. The fraction of sp³-hybridized carbons (Fsp3) is 0.286. The number of hydrogen-bond acceptors (Lipinski definition) is 4. The summed E-state index contributed by atoms with van der Waals surface area (Å²) in [7, 11) is 0. The van der Waals surface area contributed by atoms with Gasteiger partial charge in [-0.25, -0.2) is 18.6 Å². The first-order chi connectivity index (χ1) is 10.5. The van der Waals surface area contributed by atoms with E-state index in [-0.39, 0.29) is 5.56 Å². The molecule has 2 aromatic rings. The van der Waals surface area contributed by atoms with Crippen LogP contribution in [-0.2, 0) is 0 Å². The number of carboxylic acid groups (broad SMARTS) is 1. The van der Waals surface area contributed by atoms with E-state index in [9.17, 15) is 13.6 Å². The monoisotopic (exact) mass is 325 g/mol. The minimum absolute atomic E-state index is 0.257. The molecule has 0 atom stereocenters. The lowest BCUT2D eigenvalue weighted by atomic mass is 10.1. The molecule has 1 aromatic carbocycles. The van der Waals surface area contributed by atoms with Gasteiger partial charge in [0.15, 0.2) is 5.13 Å². The van der Waals surface area contributed by atoms with Gasteiger partial charge in [-0.1, -0.05) is 0 Å². The highest BCUT2D eigenvalue weighted by molar-refractivity contribution is 7.14. The summed E-state index contributed by atoms with van der Waals surface area (Å²) in [5, 5.41) is 11.4. The average molecular weight is 325 g/mol. The Labute approximate surface area is 129 Å². The molecule has 1 aromatic heterocycles. The van der Waals surface area contributed by atoms with Crippen LogP contribution in [0.1, 0.15) is 0 Å². The molecule has 0 spiro atoms. The Bertz CT molecular complexity index is 699. The summed E-state index contributed by atoms with van der Waals surface area (Å²) in [6.45, 7) is 1.92. The van der Waals surface area contributed by atoms with Gasteiger partial charge < -0.3 is 14.9 Å². The van der Waals surface area contributed by atoms with Crippen molar-refractivity contribution in [3.8, 4) is 11.3 Å². The van der Waals surface area contributed by atoms with Crippen molar-refractivity contribution in [2.75, 3.05) is 31.1 Å². The number of aromatic nitrogens is 1. The molecule has 0 saturated carbocycles. The number of halogens is 2. The first kappa shape index (κ1) is 14.7. The molecule has 0 bridgehead atoms. The molecule has 1 N–H and O–H groups in total. The maximum atomic E-state index is 13.8. The molecular formula is C14H13F2N3O2S. The highest BCUT2D eigenvalue weighted by Crippen LogP contribution is 2.29. The van der Waals surface area contributed by atoms with Gasteiger partial charge in [0.25, 0.3) is 0 Å². The van der Waals surface area contributed by atoms with E-state index in [1.807, 2.05) is 4.90 Å². The third kappa shape index (κ3) is 2.87. The molecule has 2 heterocycles. The predicted octanol–water partition coefficient (Wildman–Crippen LogP) is 2.89. The zero-order valence-corrected chi connectivity index (χ0v) is 12.3. The number of amides is 1. The van der Waals surface area contributed by atoms with Crippen molar-refractivity contribution in [3.05, 3.63) is 35.2 Å². The maximum absolute atomic E-state index is 13.8. The summed E-state index contributed by atoms with van der Waals surface area (Å²) in [5.41, 5.74) is 0.714. The van der Waals surface area contributed by atoms with E-state index in [0.717, 1.165) is 6.07 Å². The average Bonchev–Trinajstić information content (AvgIpc) is 2.97. The van der Waals surface area contributed by atoms with Crippen LogP contribution in [0, 0.1) is 11.6 Å². The molecule has 1 aliphatic rings. The Morgan fingerprint density at radius 2 is 1.95 bits per heavy atom. The van der Waals surface area contributed by atoms with Gasteiger partial charge >= 0.3 is 6.09 Å². The normalized spacial score (nSPS) is 15.2. The second-order valence-corrected chi connectivity index (χ2v) is 5.73. The molecule has 3 rings (SSSR count). The maximum Gasteiger partial charge on any atom is 0.407 e. The molecule has 8 heteroatoms. The number of anilines is 1. The number of rotatable bonds is 2. The van der Waals surface area contributed by atoms with Gasteiger partial charge in [-0.05, 0) is 12.1 Å². The number of nitrogens with zero attached hydrogens (tertiary/aromatic N) is 3. The molecule has 0 unspecified atom stereocenters. The smallest absolute Gasteiger partial charge is 0.407 e. The van der Waals surface area contributed by atoms with Crippen molar-refractivity contribution in [2.24, 2.45) is 0 Å². The lowest BCUT2D eigenvalue weighted by molar-refractivity contribution is 0.142. The molecule has 1 amide bonds. The van der Waals surface area contributed by atoms with Crippen LogP contribution in [0.25, 0.3) is 11.3 Å². The zero-order chi connectivity index (χ0) is 15.7. The molecule has 0 aliphatic carbocycles. The third-order valence-corrected chi connectivity index (χ3v) is 4.42. The summed E-state index contributed by atoms with van der Waals surface area (Å²) in [6, 6.07) is 3.40. The number of piperazine rings is 1. The molecule has 0 radical (unpaired) electrons. The van der Waals surface area contributed by atoms with E-state index < -0.39 is 17.7 Å². The molecule has 1 fully saturated rings. The summed E-state index contributed by atoms with van der Waals surface area (Å²) in [6.07, 6.45) is -0.923. The van der Waals surface area contributed by atoms with Crippen LogP contribution in [-0.4, -0.2) is 47.3 Å². The van der Waals surface area contributed by atoms with Crippen LogP contribution in [0.5, 0.6) is 0 Å². The van der Waals surface area contributed by atoms with Gasteiger partial charge in [0, 0.05) is 43.2 Å². The minimum Gasteiger partial charge on any atom is -0.465 e. The predicted molar refractivity (Wildman–Crippen MR) is 79.3 cm³/mol. The molecular weight excluding hydrogens is 312 g/mol. The highest BCUT2D eigenvalue weighted by Gasteiger charge is 2.22. The van der Waals surface area contributed by atoms with Gasteiger partial charge in [-0.2, -0.15) is 0 Å². The number of carbonyl (C=O) groups is 1. The van der Waals surface area contributed by atoms with E-state index in [1.54, 1.807) is 5.38 Å². The van der Waals surface area contributed by atoms with Crippen LogP contribution in [0.2, 0.25) is 0 Å². The second kappa shape index (κ2) is 5.88. The number of hydrogen-bond donors (Lipinski definition) is 1. The lowest BCUT2D eigenvalue weighted by Crippen LogP contribution is -2.48. The van der Waals surface area contributed by atoms with Crippen LogP contribution in [0.15, 0.2) is 23.6 Å². The first-order valence-corrected chi connectivity index (χ1v) is 7.56. The summed E-state index contributed by atoms with van der Waals surface area (Å²) < 4.78 is 26.7. The molecule has 22 heavy (non-hydrogen) atoms. The minimum atomic E-state index is -0.923. The SMILES string of the molecule is O=C(O)N1CCN(c2nc(-c3ccc(F)cc3F)cs2)CC1. The summed E-state index contributed by atoms with van der Waals surface area (Å²) >= 11 is 1.36. The van der Waals surface area contributed by atoms with Crippen molar-refractivity contribution < 1.29 is 18.7 Å². The van der Waals surface area contributed by atoms with E-state index in [0.29, 0.717) is 37.0 Å². The Hall–Kier alpha value is -2.22. The van der Waals surface area contributed by atoms with E-state index >= 15 is 0 Å². The van der Waals surface area contributed by atoms with E-state index in [1.165, 1.54) is 28.4 Å². The summed E-state index contributed by atoms with van der Waals surface area (Å²) in [4.78, 5) is 18.6. The number of thiazole rings is 1. The van der Waals surface area contributed by atoms with Gasteiger partial charge in [0.1, 0.15) is 11.6 Å². The van der Waals surface area contributed by atoms with Crippen LogP contribution in [0.4, 0.5) is 18.7 Å². The topological polar surface area (TPSA) is 56.7 Å². The fourth-order valence-corrected chi connectivity index (χ4v) is 3.20. The van der Waals surface area contributed by atoms with Crippen LogP contribution < -0.4 is 4.90 Å². The van der Waals surface area contributed by atoms with E-state index in [4.69, 9.17) is 5.11 Å². The standard InChI is InChI=1S/C14H13F2N3O2S/c15-9-1-2-10(11(16)7-9)12-8-22-13(17-12)18-3-5-19(6-4-18)14(20)21/h1-2,7-8H,3-6H2,(H,20,21). The Balaban J connectivity index is 1.76. The van der Waals surface area contributed by atoms with Gasteiger partial charge in [0.2, 0.25) is 0 Å². The van der Waals surface area contributed by atoms with Crippen LogP contribution >= 0.6 is 11.3 Å². The Morgan fingerprint density at radius 3 is 2.59 bits per heavy atom. The molecule has 1 saturated heterocycles. The van der Waals surface area contributed by atoms with Crippen molar-refractivity contribution in [3.63, 3.8) is 0 Å². The molecule has 5 nitrogen and oxygen atoms in total. The van der Waals surface area contributed by atoms with Crippen molar-refractivity contribution in [2.45, 2.75) is 0 Å². The third-order valence-electron chi connectivity index (χ3n) is 3.52. The highest BCUT2D eigenvalue weighted by atomic mass is 32.1. The Kier molecular flexibility index (Phi) is 3.93. The quantitative estimate of drug-likeness (QED) is 0.922. The number of benzene rings is 1. The van der Waals surface area contributed by atoms with Crippen molar-refractivity contribution in [1.29, 1.82) is 0 Å². The lowest BCUT2D eigenvalue weighted by Gasteiger charge is -2.32. The largest absolute Gasteiger partial charge is 0.465 e. The van der Waals surface area contributed by atoms with Gasteiger partial charge in [0.05, 0.1) is 5.69 Å². The molecule has 1 aliphatic heterocycles. The van der Waals surface area contributed by atoms with Gasteiger partial charge in [-0.3, -0.25) is 0 Å². The van der Waals surface area contributed by atoms with Crippen molar-refractivity contribution >= 4 is 22.6 Å². The zero-order valence-electron chi connectivity index (χ0n) is 11.5. The summed E-state index contributed by atoms with van der Waals surface area (Å²) in [5.74, 6) is -1.27. The fourth-order valence-electron chi connectivity index (χ4n) is 2.32. The first-order valence-electron chi connectivity index (χ1n) is 6.68. The van der Waals surface area contributed by atoms with Gasteiger partial charge in [-0.15, -0.1) is 11.3 Å². The Morgan fingerprint density at radius 1 is 1.23 bits per heavy atom. The van der Waals surface area contributed by atoms with Crippen LogP contribution in [0.3, 0.4) is 0 Å². The van der Waals surface area contributed by atoms with E-state index in [2.05, 4.69) is 4.98 Å². The molecule has 116 valence electrons. The van der Waals surface area contributed by atoms with Crippen molar-refractivity contribution in [1.82, 2.24) is 9.88 Å².